The largest absolute Gasteiger partial charge is 0.475 e. The molecule has 1 aliphatic heterocycles. The van der Waals surface area contributed by atoms with Gasteiger partial charge in [0.2, 0.25) is 0 Å². The van der Waals surface area contributed by atoms with Gasteiger partial charge < -0.3 is 14.2 Å². The maximum Gasteiger partial charge on any atom is 0.191 e. The summed E-state index contributed by atoms with van der Waals surface area (Å²) >= 11 is 0. The zero-order valence-corrected chi connectivity index (χ0v) is 4.66. The van der Waals surface area contributed by atoms with Crippen LogP contribution in [-0.4, -0.2) is 20.2 Å². The summed E-state index contributed by atoms with van der Waals surface area (Å²) in [5.74, 6) is 0. The maximum atomic E-state index is 4.90. The summed E-state index contributed by atoms with van der Waals surface area (Å²) in [6, 6.07) is 0. The number of hydrogen-bond acceptors (Lipinski definition) is 3. The first-order valence-electron chi connectivity index (χ1n) is 2.36. The number of rotatable bonds is 1. The minimum absolute atomic E-state index is 0.219. The van der Waals surface area contributed by atoms with E-state index in [0.29, 0.717) is 0 Å². The van der Waals surface area contributed by atoms with E-state index in [1.807, 2.05) is 0 Å². The molecule has 0 N–H and O–H groups in total. The Morgan fingerprint density at radius 3 is 3.00 bits per heavy atom. The highest BCUT2D eigenvalue weighted by molar-refractivity contribution is 4.79. The molecule has 0 aromatic rings. The van der Waals surface area contributed by atoms with Crippen molar-refractivity contribution in [3.63, 3.8) is 0 Å². The van der Waals surface area contributed by atoms with Crippen molar-refractivity contribution >= 4 is 0 Å². The van der Waals surface area contributed by atoms with Crippen molar-refractivity contribution in [3.05, 3.63) is 12.3 Å². The van der Waals surface area contributed by atoms with Crippen molar-refractivity contribution in [3.8, 4) is 0 Å². The van der Waals surface area contributed by atoms with Gasteiger partial charge in [0.05, 0.1) is 6.26 Å². The average molecular weight is 116 g/mol. The van der Waals surface area contributed by atoms with Gasteiger partial charge in [0.15, 0.2) is 13.1 Å². The number of methoxy groups -OCH3 is 1. The van der Waals surface area contributed by atoms with E-state index in [9.17, 15) is 0 Å². The lowest BCUT2D eigenvalue weighted by atomic mass is 10.6. The molecule has 1 unspecified atom stereocenters. The van der Waals surface area contributed by atoms with Crippen LogP contribution in [0.4, 0.5) is 0 Å². The van der Waals surface area contributed by atoms with Gasteiger partial charge in [-0.3, -0.25) is 0 Å². The molecular weight excluding hydrogens is 108 g/mol. The molecule has 0 fully saturated rings. The molecule has 1 atom stereocenters. The van der Waals surface area contributed by atoms with E-state index in [1.165, 1.54) is 0 Å². The van der Waals surface area contributed by atoms with Crippen LogP contribution < -0.4 is 0 Å². The third kappa shape index (κ3) is 1.21. The zero-order valence-electron chi connectivity index (χ0n) is 4.66. The molecule has 1 aliphatic rings. The Kier molecular flexibility index (Phi) is 1.88. The quantitative estimate of drug-likeness (QED) is 0.498. The summed E-state index contributed by atoms with van der Waals surface area (Å²) in [5, 5.41) is 0. The van der Waals surface area contributed by atoms with Crippen molar-refractivity contribution in [1.29, 1.82) is 0 Å². The van der Waals surface area contributed by atoms with Gasteiger partial charge in [-0.25, -0.2) is 0 Å². The van der Waals surface area contributed by atoms with E-state index in [2.05, 4.69) is 0 Å². The molecule has 0 aliphatic carbocycles. The lowest BCUT2D eigenvalue weighted by Crippen LogP contribution is -2.17. The third-order valence-corrected chi connectivity index (χ3v) is 0.865. The Bertz CT molecular complexity index is 89.7. The molecule has 0 spiro atoms. The highest BCUT2D eigenvalue weighted by Gasteiger charge is 2.04. The van der Waals surface area contributed by atoms with E-state index in [0.717, 1.165) is 0 Å². The monoisotopic (exact) mass is 116 g/mol. The maximum absolute atomic E-state index is 4.90. The van der Waals surface area contributed by atoms with Crippen molar-refractivity contribution in [2.45, 2.75) is 6.29 Å². The molecule has 0 saturated heterocycles. The van der Waals surface area contributed by atoms with Gasteiger partial charge >= 0.3 is 0 Å². The van der Waals surface area contributed by atoms with Crippen LogP contribution in [-0.2, 0) is 14.2 Å². The van der Waals surface area contributed by atoms with Crippen LogP contribution in [0.5, 0.6) is 0 Å². The van der Waals surface area contributed by atoms with E-state index < -0.39 is 0 Å². The molecule has 0 aromatic heterocycles. The average Bonchev–Trinajstić information content (AvgIpc) is 1.90. The van der Waals surface area contributed by atoms with E-state index >= 15 is 0 Å². The molecular formula is C5H8O3. The molecule has 3 heteroatoms. The topological polar surface area (TPSA) is 27.7 Å². The second-order valence-electron chi connectivity index (χ2n) is 1.38. The summed E-state index contributed by atoms with van der Waals surface area (Å²) in [5.41, 5.74) is 0. The standard InChI is InChI=1S/C5H8O3/c1-6-5-2-3-7-4-8-5/h2-3,5H,4H2,1H3. The van der Waals surface area contributed by atoms with Crippen LogP contribution in [0, 0.1) is 0 Å². The molecule has 8 heavy (non-hydrogen) atoms. The fourth-order valence-electron chi connectivity index (χ4n) is 0.467. The van der Waals surface area contributed by atoms with Crippen molar-refractivity contribution in [1.82, 2.24) is 0 Å². The second-order valence-corrected chi connectivity index (χ2v) is 1.38. The third-order valence-electron chi connectivity index (χ3n) is 0.865. The summed E-state index contributed by atoms with van der Waals surface area (Å²) < 4.78 is 14.4. The van der Waals surface area contributed by atoms with Crippen LogP contribution in [0.3, 0.4) is 0 Å². The van der Waals surface area contributed by atoms with Crippen LogP contribution in [0.2, 0.25) is 0 Å². The Balaban J connectivity index is 2.32. The first-order valence-corrected chi connectivity index (χ1v) is 2.36. The smallest absolute Gasteiger partial charge is 0.191 e. The normalized spacial score (nSPS) is 27.4. The van der Waals surface area contributed by atoms with Crippen molar-refractivity contribution < 1.29 is 14.2 Å². The molecule has 46 valence electrons. The Hall–Kier alpha value is -0.540. The highest BCUT2D eigenvalue weighted by Crippen LogP contribution is 2.00. The second kappa shape index (κ2) is 2.69. The van der Waals surface area contributed by atoms with E-state index in [-0.39, 0.29) is 13.1 Å². The minimum Gasteiger partial charge on any atom is -0.475 e. The molecule has 0 bridgehead atoms. The van der Waals surface area contributed by atoms with Crippen LogP contribution in [0.15, 0.2) is 12.3 Å². The Morgan fingerprint density at radius 2 is 2.62 bits per heavy atom. The van der Waals surface area contributed by atoms with Crippen molar-refractivity contribution in [2.75, 3.05) is 13.9 Å². The van der Waals surface area contributed by atoms with Gasteiger partial charge in [0.25, 0.3) is 0 Å². The molecule has 0 saturated carbocycles. The predicted octanol–water partition coefficient (Wildman–Crippen LogP) is 0.477. The first-order chi connectivity index (χ1) is 3.93. The van der Waals surface area contributed by atoms with Gasteiger partial charge in [0.1, 0.15) is 0 Å². The highest BCUT2D eigenvalue weighted by atomic mass is 16.7. The molecule has 0 amide bonds. The van der Waals surface area contributed by atoms with E-state index in [1.54, 1.807) is 19.4 Å². The fraction of sp³-hybridized carbons (Fsp3) is 0.600. The minimum atomic E-state index is -0.219. The molecule has 3 nitrogen and oxygen atoms in total. The number of hydrogen-bond donors (Lipinski definition) is 0. The van der Waals surface area contributed by atoms with Gasteiger partial charge in [0, 0.05) is 13.2 Å². The SMILES string of the molecule is COC1C=COCO1. The summed E-state index contributed by atoms with van der Waals surface area (Å²) in [6.07, 6.45) is 3.05. The summed E-state index contributed by atoms with van der Waals surface area (Å²) in [7, 11) is 1.58. The molecule has 0 radical (unpaired) electrons. The molecule has 1 heterocycles. The van der Waals surface area contributed by atoms with Crippen LogP contribution >= 0.6 is 0 Å². The van der Waals surface area contributed by atoms with Crippen molar-refractivity contribution in [2.24, 2.45) is 0 Å². The molecule has 1 rings (SSSR count). The summed E-state index contributed by atoms with van der Waals surface area (Å²) in [6.45, 7) is 0.287. The fourth-order valence-corrected chi connectivity index (χ4v) is 0.467. The van der Waals surface area contributed by atoms with Gasteiger partial charge in [-0.15, -0.1) is 0 Å². The van der Waals surface area contributed by atoms with Gasteiger partial charge in [-0.05, 0) is 0 Å². The van der Waals surface area contributed by atoms with Crippen LogP contribution in [0.1, 0.15) is 0 Å². The lowest BCUT2D eigenvalue weighted by Gasteiger charge is -2.15. The Labute approximate surface area is 47.8 Å². The lowest BCUT2D eigenvalue weighted by molar-refractivity contribution is -0.159. The van der Waals surface area contributed by atoms with E-state index in [4.69, 9.17) is 14.2 Å². The summed E-state index contributed by atoms with van der Waals surface area (Å²) in [4.78, 5) is 0. The number of ether oxygens (including phenoxy) is 3. The first kappa shape index (κ1) is 5.59. The van der Waals surface area contributed by atoms with Gasteiger partial charge in [-0.2, -0.15) is 0 Å². The predicted molar refractivity (Wildman–Crippen MR) is 27.0 cm³/mol. The van der Waals surface area contributed by atoms with Crippen LogP contribution in [0.25, 0.3) is 0 Å². The molecule has 0 aromatic carbocycles. The Morgan fingerprint density at radius 1 is 1.75 bits per heavy atom. The zero-order chi connectivity index (χ0) is 5.82. The van der Waals surface area contributed by atoms with Gasteiger partial charge in [-0.1, -0.05) is 0 Å².